The maximum Gasteiger partial charge on any atom is 0.264 e. The maximum absolute atomic E-state index is 12.3. The van der Waals surface area contributed by atoms with Gasteiger partial charge in [-0.15, -0.1) is 0 Å². The number of unbranched alkanes of at least 4 members (excludes halogenated alkanes) is 1. The van der Waals surface area contributed by atoms with Crippen LogP contribution in [0.1, 0.15) is 25.3 Å². The Labute approximate surface area is 137 Å². The van der Waals surface area contributed by atoms with Gasteiger partial charge in [-0.3, -0.25) is 4.79 Å². The summed E-state index contributed by atoms with van der Waals surface area (Å²) >= 11 is 0. The van der Waals surface area contributed by atoms with Gasteiger partial charge in [0.25, 0.3) is 5.91 Å². The molecule has 122 valence electrons. The first kappa shape index (κ1) is 17.0. The van der Waals surface area contributed by atoms with Gasteiger partial charge in [0.05, 0.1) is 19.8 Å². The van der Waals surface area contributed by atoms with Crippen molar-refractivity contribution in [1.29, 1.82) is 5.26 Å². The van der Waals surface area contributed by atoms with Crippen molar-refractivity contribution < 1.29 is 14.3 Å². The standard InChI is InChI=1S/C18H22N2O3/c1-2-3-10-23-17-6-4-15(5-7-17)13-16(14-19)18(21)20-8-11-22-12-9-20/h4-7,13H,2-3,8-12H2,1H3/b16-13-. The van der Waals surface area contributed by atoms with Gasteiger partial charge in [0.2, 0.25) is 0 Å². The largest absolute Gasteiger partial charge is 0.494 e. The van der Waals surface area contributed by atoms with Gasteiger partial charge < -0.3 is 14.4 Å². The van der Waals surface area contributed by atoms with Crippen LogP contribution in [0.5, 0.6) is 5.75 Å². The van der Waals surface area contributed by atoms with Crippen LogP contribution in [-0.2, 0) is 9.53 Å². The summed E-state index contributed by atoms with van der Waals surface area (Å²) < 4.78 is 10.8. The van der Waals surface area contributed by atoms with Crippen molar-refractivity contribution in [2.45, 2.75) is 19.8 Å². The fraction of sp³-hybridized carbons (Fsp3) is 0.444. The molecule has 0 spiro atoms. The van der Waals surface area contributed by atoms with Crippen molar-refractivity contribution in [2.24, 2.45) is 0 Å². The molecule has 1 aliphatic heterocycles. The fourth-order valence-corrected chi connectivity index (χ4v) is 2.24. The molecular formula is C18H22N2O3. The van der Waals surface area contributed by atoms with Crippen molar-refractivity contribution >= 4 is 12.0 Å². The van der Waals surface area contributed by atoms with Crippen molar-refractivity contribution in [3.63, 3.8) is 0 Å². The van der Waals surface area contributed by atoms with Crippen LogP contribution in [0.25, 0.3) is 6.08 Å². The van der Waals surface area contributed by atoms with E-state index in [0.29, 0.717) is 32.9 Å². The number of hydrogen-bond acceptors (Lipinski definition) is 4. The zero-order valence-corrected chi connectivity index (χ0v) is 13.5. The number of carbonyl (C=O) groups excluding carboxylic acids is 1. The van der Waals surface area contributed by atoms with Crippen molar-refractivity contribution in [1.82, 2.24) is 4.90 Å². The van der Waals surface area contributed by atoms with E-state index in [9.17, 15) is 10.1 Å². The Morgan fingerprint density at radius 3 is 2.65 bits per heavy atom. The van der Waals surface area contributed by atoms with Crippen molar-refractivity contribution in [3.05, 3.63) is 35.4 Å². The molecule has 1 aromatic rings. The molecule has 1 aliphatic rings. The molecule has 0 aliphatic carbocycles. The van der Waals surface area contributed by atoms with E-state index in [-0.39, 0.29) is 11.5 Å². The Morgan fingerprint density at radius 1 is 1.35 bits per heavy atom. The summed E-state index contributed by atoms with van der Waals surface area (Å²) in [4.78, 5) is 14.0. The van der Waals surface area contributed by atoms with Crippen LogP contribution in [0.2, 0.25) is 0 Å². The van der Waals surface area contributed by atoms with E-state index < -0.39 is 0 Å². The second-order valence-corrected chi connectivity index (χ2v) is 5.35. The summed E-state index contributed by atoms with van der Waals surface area (Å²) in [5.74, 6) is 0.563. The quantitative estimate of drug-likeness (QED) is 0.460. The Bertz CT molecular complexity index is 581. The van der Waals surface area contributed by atoms with E-state index >= 15 is 0 Å². The lowest BCUT2D eigenvalue weighted by atomic mass is 10.1. The summed E-state index contributed by atoms with van der Waals surface area (Å²) in [7, 11) is 0. The highest BCUT2D eigenvalue weighted by Crippen LogP contribution is 2.16. The maximum atomic E-state index is 12.3. The molecule has 5 nitrogen and oxygen atoms in total. The first-order chi connectivity index (χ1) is 11.2. The number of hydrogen-bond donors (Lipinski definition) is 0. The number of carbonyl (C=O) groups is 1. The van der Waals surface area contributed by atoms with E-state index in [1.54, 1.807) is 11.0 Å². The SMILES string of the molecule is CCCCOc1ccc(/C=C(/C#N)C(=O)N2CCOCC2)cc1. The smallest absolute Gasteiger partial charge is 0.264 e. The average molecular weight is 314 g/mol. The van der Waals surface area contributed by atoms with Crippen LogP contribution in [-0.4, -0.2) is 43.7 Å². The van der Waals surface area contributed by atoms with E-state index in [2.05, 4.69) is 6.92 Å². The minimum atomic E-state index is -0.237. The number of amides is 1. The van der Waals surface area contributed by atoms with Crippen LogP contribution in [0, 0.1) is 11.3 Å². The molecule has 1 saturated heterocycles. The van der Waals surface area contributed by atoms with Gasteiger partial charge in [-0.25, -0.2) is 0 Å². The van der Waals surface area contributed by atoms with Crippen molar-refractivity contribution in [3.8, 4) is 11.8 Å². The molecule has 1 fully saturated rings. The van der Waals surface area contributed by atoms with Gasteiger partial charge in [-0.1, -0.05) is 25.5 Å². The normalized spacial score (nSPS) is 15.1. The lowest BCUT2D eigenvalue weighted by Crippen LogP contribution is -2.41. The number of nitrogens with zero attached hydrogens (tertiary/aromatic N) is 2. The van der Waals surface area contributed by atoms with E-state index in [4.69, 9.17) is 9.47 Å². The highest BCUT2D eigenvalue weighted by molar-refractivity contribution is 6.01. The number of ether oxygens (including phenoxy) is 2. The second kappa shape index (κ2) is 8.96. The monoisotopic (exact) mass is 314 g/mol. The molecule has 0 bridgehead atoms. The molecular weight excluding hydrogens is 292 g/mol. The van der Waals surface area contributed by atoms with E-state index in [0.717, 1.165) is 24.2 Å². The topological polar surface area (TPSA) is 62.6 Å². The average Bonchev–Trinajstić information content (AvgIpc) is 2.61. The van der Waals surface area contributed by atoms with Crippen LogP contribution < -0.4 is 4.74 Å². The van der Waals surface area contributed by atoms with Gasteiger partial charge in [-0.2, -0.15) is 5.26 Å². The molecule has 5 heteroatoms. The summed E-state index contributed by atoms with van der Waals surface area (Å²) in [6.45, 7) is 4.92. The third-order valence-corrected chi connectivity index (χ3v) is 3.61. The number of nitriles is 1. The molecule has 2 rings (SSSR count). The first-order valence-corrected chi connectivity index (χ1v) is 7.96. The molecule has 1 amide bonds. The molecule has 0 atom stereocenters. The fourth-order valence-electron chi connectivity index (χ4n) is 2.24. The Hall–Kier alpha value is -2.32. The predicted molar refractivity (Wildman–Crippen MR) is 87.8 cm³/mol. The molecule has 23 heavy (non-hydrogen) atoms. The molecule has 0 N–H and O–H groups in total. The zero-order valence-electron chi connectivity index (χ0n) is 13.5. The van der Waals surface area contributed by atoms with Crippen LogP contribution >= 0.6 is 0 Å². The summed E-state index contributed by atoms with van der Waals surface area (Å²) in [5, 5.41) is 9.26. The molecule has 0 radical (unpaired) electrons. The van der Waals surface area contributed by atoms with Crippen LogP contribution in [0.3, 0.4) is 0 Å². The van der Waals surface area contributed by atoms with Gasteiger partial charge in [0, 0.05) is 13.1 Å². The molecule has 0 aromatic heterocycles. The molecule has 1 heterocycles. The Kier molecular flexibility index (Phi) is 6.64. The Morgan fingerprint density at radius 2 is 2.04 bits per heavy atom. The zero-order chi connectivity index (χ0) is 16.5. The third-order valence-electron chi connectivity index (χ3n) is 3.61. The highest BCUT2D eigenvalue weighted by atomic mass is 16.5. The number of benzene rings is 1. The van der Waals surface area contributed by atoms with E-state index in [1.165, 1.54) is 0 Å². The number of morpholine rings is 1. The lowest BCUT2D eigenvalue weighted by molar-refractivity contribution is -0.130. The molecule has 0 unspecified atom stereocenters. The van der Waals surface area contributed by atoms with Gasteiger partial charge >= 0.3 is 0 Å². The third kappa shape index (κ3) is 5.11. The minimum Gasteiger partial charge on any atom is -0.494 e. The van der Waals surface area contributed by atoms with Crippen molar-refractivity contribution in [2.75, 3.05) is 32.9 Å². The molecule has 0 saturated carbocycles. The second-order valence-electron chi connectivity index (χ2n) is 5.35. The summed E-state index contributed by atoms with van der Waals surface area (Å²) in [6, 6.07) is 9.42. The summed E-state index contributed by atoms with van der Waals surface area (Å²) in [6.07, 6.45) is 3.73. The van der Waals surface area contributed by atoms with Crippen LogP contribution in [0.4, 0.5) is 0 Å². The van der Waals surface area contributed by atoms with E-state index in [1.807, 2.05) is 30.3 Å². The van der Waals surface area contributed by atoms with Gasteiger partial charge in [0.15, 0.2) is 0 Å². The minimum absolute atomic E-state index is 0.145. The molecule has 1 aromatic carbocycles. The lowest BCUT2D eigenvalue weighted by Gasteiger charge is -2.26. The highest BCUT2D eigenvalue weighted by Gasteiger charge is 2.20. The van der Waals surface area contributed by atoms with Crippen LogP contribution in [0.15, 0.2) is 29.8 Å². The van der Waals surface area contributed by atoms with Gasteiger partial charge in [0.1, 0.15) is 17.4 Å². The number of rotatable bonds is 6. The summed E-state index contributed by atoms with van der Waals surface area (Å²) in [5.41, 5.74) is 0.956. The Balaban J connectivity index is 2.02. The predicted octanol–water partition coefficient (Wildman–Crippen LogP) is 2.63. The first-order valence-electron chi connectivity index (χ1n) is 7.96. The van der Waals surface area contributed by atoms with Gasteiger partial charge in [-0.05, 0) is 30.2 Å².